The predicted molar refractivity (Wildman–Crippen MR) is 104 cm³/mol. The molecular formula is C19H21ClN4O. The van der Waals surface area contributed by atoms with Gasteiger partial charge in [-0.05, 0) is 44.4 Å². The van der Waals surface area contributed by atoms with Crippen LogP contribution in [-0.2, 0) is 0 Å². The molecule has 130 valence electrons. The van der Waals surface area contributed by atoms with Gasteiger partial charge >= 0.3 is 5.69 Å². The largest absolute Gasteiger partial charge is 0.358 e. The van der Waals surface area contributed by atoms with Gasteiger partial charge in [0, 0.05) is 30.5 Å². The van der Waals surface area contributed by atoms with Crippen LogP contribution in [0.15, 0.2) is 53.3 Å². The Morgan fingerprint density at radius 1 is 1.04 bits per heavy atom. The van der Waals surface area contributed by atoms with E-state index in [-0.39, 0.29) is 5.69 Å². The van der Waals surface area contributed by atoms with Crippen LogP contribution in [0.25, 0.3) is 16.6 Å². The molecule has 6 heteroatoms. The minimum absolute atomic E-state index is 0.312. The molecule has 5 nitrogen and oxygen atoms in total. The number of nitrogens with zero attached hydrogens (tertiary/aromatic N) is 4. The molecule has 0 aliphatic heterocycles. The Labute approximate surface area is 152 Å². The normalized spacial score (nSPS) is 11.2. The van der Waals surface area contributed by atoms with Crippen LogP contribution in [0.5, 0.6) is 0 Å². The van der Waals surface area contributed by atoms with Gasteiger partial charge in [-0.3, -0.25) is 4.57 Å². The first-order valence-corrected chi connectivity index (χ1v) is 8.49. The summed E-state index contributed by atoms with van der Waals surface area (Å²) >= 11 is 6.21. The molecule has 0 fully saturated rings. The predicted octanol–water partition coefficient (Wildman–Crippen LogP) is 3.04. The van der Waals surface area contributed by atoms with E-state index in [1.807, 2.05) is 74.6 Å². The van der Waals surface area contributed by atoms with Gasteiger partial charge in [-0.15, -0.1) is 0 Å². The molecule has 2 aromatic carbocycles. The van der Waals surface area contributed by atoms with Crippen molar-refractivity contribution in [3.8, 4) is 5.69 Å². The third-order valence-corrected chi connectivity index (χ3v) is 4.33. The van der Waals surface area contributed by atoms with Gasteiger partial charge in [0.25, 0.3) is 0 Å². The number of para-hydroxylation sites is 1. The standard InChI is InChI=1S/C19H21ClN4O/c1-22(2)11-12-23(3)18-16-10-9-14(20)13-17(16)24(19(25)21-18)15-7-5-4-6-8-15/h4-10,13H,11-12H2,1-3H3. The summed E-state index contributed by atoms with van der Waals surface area (Å²) in [5, 5.41) is 1.48. The second-order valence-electron chi connectivity index (χ2n) is 6.28. The molecule has 0 saturated carbocycles. The van der Waals surface area contributed by atoms with Crippen LogP contribution in [0.2, 0.25) is 5.02 Å². The molecule has 0 radical (unpaired) electrons. The van der Waals surface area contributed by atoms with Gasteiger partial charge < -0.3 is 9.80 Å². The van der Waals surface area contributed by atoms with Gasteiger partial charge in [0.2, 0.25) is 0 Å². The quantitative estimate of drug-likeness (QED) is 0.704. The molecule has 3 rings (SSSR count). The highest BCUT2D eigenvalue weighted by atomic mass is 35.5. The molecule has 0 saturated heterocycles. The maximum Gasteiger partial charge on any atom is 0.354 e. The van der Waals surface area contributed by atoms with Crippen molar-refractivity contribution in [1.82, 2.24) is 14.5 Å². The van der Waals surface area contributed by atoms with Crippen LogP contribution in [0.4, 0.5) is 5.82 Å². The lowest BCUT2D eigenvalue weighted by atomic mass is 10.2. The number of likely N-dealkylation sites (N-methyl/N-ethyl adjacent to an activating group) is 2. The van der Waals surface area contributed by atoms with Crippen molar-refractivity contribution < 1.29 is 0 Å². The van der Waals surface area contributed by atoms with Crippen LogP contribution in [-0.4, -0.2) is 48.7 Å². The Balaban J connectivity index is 2.21. The Hall–Kier alpha value is -2.37. The fourth-order valence-electron chi connectivity index (χ4n) is 2.76. The van der Waals surface area contributed by atoms with E-state index in [9.17, 15) is 4.79 Å². The third kappa shape index (κ3) is 3.67. The maximum absolute atomic E-state index is 12.8. The molecule has 0 N–H and O–H groups in total. The number of rotatable bonds is 5. The zero-order chi connectivity index (χ0) is 18.0. The van der Waals surface area contributed by atoms with Gasteiger partial charge in [-0.1, -0.05) is 29.8 Å². The molecule has 1 heterocycles. The van der Waals surface area contributed by atoms with Gasteiger partial charge in [-0.2, -0.15) is 4.98 Å². The van der Waals surface area contributed by atoms with E-state index in [2.05, 4.69) is 9.88 Å². The molecule has 1 aromatic heterocycles. The fraction of sp³-hybridized carbons (Fsp3) is 0.263. The first-order chi connectivity index (χ1) is 12.0. The molecule has 25 heavy (non-hydrogen) atoms. The van der Waals surface area contributed by atoms with Crippen molar-refractivity contribution >= 4 is 28.3 Å². The van der Waals surface area contributed by atoms with E-state index in [0.29, 0.717) is 10.8 Å². The highest BCUT2D eigenvalue weighted by Gasteiger charge is 2.15. The average molecular weight is 357 g/mol. The summed E-state index contributed by atoms with van der Waals surface area (Å²) in [6.45, 7) is 1.64. The Morgan fingerprint density at radius 3 is 2.44 bits per heavy atom. The summed E-state index contributed by atoms with van der Waals surface area (Å²) in [6, 6.07) is 15.1. The van der Waals surface area contributed by atoms with Crippen molar-refractivity contribution in [2.75, 3.05) is 39.1 Å². The highest BCUT2D eigenvalue weighted by Crippen LogP contribution is 2.26. The number of halogens is 1. The number of fused-ring (bicyclic) bond motifs is 1. The summed E-state index contributed by atoms with van der Waals surface area (Å²) in [5.74, 6) is 0.672. The lowest BCUT2D eigenvalue weighted by Gasteiger charge is -2.23. The summed E-state index contributed by atoms with van der Waals surface area (Å²) in [4.78, 5) is 21.2. The number of benzene rings is 2. The molecule has 0 amide bonds. The lowest BCUT2D eigenvalue weighted by molar-refractivity contribution is 0.416. The van der Waals surface area contributed by atoms with Crippen LogP contribution < -0.4 is 10.6 Å². The van der Waals surface area contributed by atoms with E-state index < -0.39 is 0 Å². The molecule has 3 aromatic rings. The second-order valence-corrected chi connectivity index (χ2v) is 6.71. The molecule has 0 bridgehead atoms. The SMILES string of the molecule is CN(C)CCN(C)c1nc(=O)n(-c2ccccc2)c2cc(Cl)ccc12. The second kappa shape index (κ2) is 7.25. The first kappa shape index (κ1) is 17.5. The molecule has 0 spiro atoms. The van der Waals surface area contributed by atoms with E-state index in [1.54, 1.807) is 4.57 Å². The minimum atomic E-state index is -0.312. The summed E-state index contributed by atoms with van der Waals surface area (Å²) in [7, 11) is 5.99. The smallest absolute Gasteiger partial charge is 0.354 e. The van der Waals surface area contributed by atoms with E-state index >= 15 is 0 Å². The first-order valence-electron chi connectivity index (χ1n) is 8.11. The zero-order valence-electron chi connectivity index (χ0n) is 14.6. The Kier molecular flexibility index (Phi) is 5.06. The highest BCUT2D eigenvalue weighted by molar-refractivity contribution is 6.31. The zero-order valence-corrected chi connectivity index (χ0v) is 15.4. The topological polar surface area (TPSA) is 41.4 Å². The Bertz CT molecular complexity index is 937. The van der Waals surface area contributed by atoms with Crippen molar-refractivity contribution in [2.24, 2.45) is 0 Å². The van der Waals surface area contributed by atoms with Crippen molar-refractivity contribution in [3.05, 3.63) is 64.0 Å². The summed E-state index contributed by atoms with van der Waals surface area (Å²) < 4.78 is 1.60. The van der Waals surface area contributed by atoms with Crippen molar-refractivity contribution in [2.45, 2.75) is 0 Å². The number of hydrogen-bond acceptors (Lipinski definition) is 4. The molecular weight excluding hydrogens is 336 g/mol. The van der Waals surface area contributed by atoms with Crippen molar-refractivity contribution in [1.29, 1.82) is 0 Å². The van der Waals surface area contributed by atoms with Gasteiger partial charge in [0.05, 0.1) is 11.2 Å². The molecule has 0 unspecified atom stereocenters. The minimum Gasteiger partial charge on any atom is -0.358 e. The average Bonchev–Trinajstić information content (AvgIpc) is 2.59. The van der Waals surface area contributed by atoms with Gasteiger partial charge in [-0.25, -0.2) is 4.79 Å². The third-order valence-electron chi connectivity index (χ3n) is 4.09. The summed E-state index contributed by atoms with van der Waals surface area (Å²) in [6.07, 6.45) is 0. The van der Waals surface area contributed by atoms with E-state index in [4.69, 9.17) is 11.6 Å². The lowest BCUT2D eigenvalue weighted by Crippen LogP contribution is -2.32. The fourth-order valence-corrected chi connectivity index (χ4v) is 2.92. The monoisotopic (exact) mass is 356 g/mol. The van der Waals surface area contributed by atoms with Crippen LogP contribution in [0.1, 0.15) is 0 Å². The Morgan fingerprint density at radius 2 is 1.76 bits per heavy atom. The molecule has 0 aliphatic rings. The van der Waals surface area contributed by atoms with Crippen LogP contribution in [0, 0.1) is 0 Å². The van der Waals surface area contributed by atoms with Crippen LogP contribution in [0.3, 0.4) is 0 Å². The van der Waals surface area contributed by atoms with Gasteiger partial charge in [0.1, 0.15) is 5.82 Å². The maximum atomic E-state index is 12.8. The number of aromatic nitrogens is 2. The van der Waals surface area contributed by atoms with Crippen molar-refractivity contribution in [3.63, 3.8) is 0 Å². The molecule has 0 aliphatic carbocycles. The molecule has 0 atom stereocenters. The van der Waals surface area contributed by atoms with E-state index in [0.717, 1.165) is 29.7 Å². The number of hydrogen-bond donors (Lipinski definition) is 0. The van der Waals surface area contributed by atoms with Gasteiger partial charge in [0.15, 0.2) is 0 Å². The van der Waals surface area contributed by atoms with E-state index in [1.165, 1.54) is 0 Å². The summed E-state index contributed by atoms with van der Waals surface area (Å²) in [5.41, 5.74) is 1.22. The van der Waals surface area contributed by atoms with Crippen LogP contribution >= 0.6 is 11.6 Å². The number of anilines is 1.